The van der Waals surface area contributed by atoms with Crippen LogP contribution in [0, 0.1) is 5.92 Å². The molecule has 19 heavy (non-hydrogen) atoms. The largest absolute Gasteiger partial charge is 0.474 e. The molecule has 0 bridgehead atoms. The first kappa shape index (κ1) is 13.9. The number of rotatable bonds is 5. The van der Waals surface area contributed by atoms with Crippen molar-refractivity contribution in [3.05, 3.63) is 6.07 Å². The Bertz CT molecular complexity index is 410. The predicted octanol–water partition coefficient (Wildman–Crippen LogP) is 2.84. The van der Waals surface area contributed by atoms with Gasteiger partial charge in [-0.3, -0.25) is 0 Å². The lowest BCUT2D eigenvalue weighted by molar-refractivity contribution is 0.117. The lowest BCUT2D eigenvalue weighted by Gasteiger charge is -2.28. The summed E-state index contributed by atoms with van der Waals surface area (Å²) in [6, 6.07) is 1.83. The molecule has 0 aliphatic heterocycles. The van der Waals surface area contributed by atoms with Gasteiger partial charge in [-0.1, -0.05) is 19.8 Å². The smallest absolute Gasteiger partial charge is 0.225 e. The fourth-order valence-corrected chi connectivity index (χ4v) is 2.67. The molecule has 0 saturated heterocycles. The number of aromatic nitrogens is 2. The molecule has 0 amide bonds. The number of ether oxygens (including phenoxy) is 1. The molecule has 1 aliphatic rings. The Hall–Kier alpha value is -1.52. The van der Waals surface area contributed by atoms with Crippen LogP contribution in [0.4, 0.5) is 11.8 Å². The standard InChI is InChI=1S/C14H24N4O/c1-3-10-6-5-7-11(8-10)19-13-9-12(16-4-2)17-14(15)18-13/h9-11H,3-8H2,1-2H3,(H3,15,16,17,18). The summed E-state index contributed by atoms with van der Waals surface area (Å²) in [5.74, 6) is 2.36. The van der Waals surface area contributed by atoms with Crippen LogP contribution in [0.2, 0.25) is 0 Å². The number of nitrogen functional groups attached to an aromatic ring is 1. The molecule has 5 heteroatoms. The Kier molecular flexibility index (Phi) is 4.82. The Morgan fingerprint density at radius 2 is 2.21 bits per heavy atom. The number of hydrogen-bond acceptors (Lipinski definition) is 5. The van der Waals surface area contributed by atoms with Crippen LogP contribution in [0.1, 0.15) is 46.0 Å². The van der Waals surface area contributed by atoms with Crippen molar-refractivity contribution in [1.29, 1.82) is 0 Å². The van der Waals surface area contributed by atoms with Crippen molar-refractivity contribution in [2.24, 2.45) is 5.92 Å². The number of nitrogens with one attached hydrogen (secondary N) is 1. The summed E-state index contributed by atoms with van der Waals surface area (Å²) in [7, 11) is 0. The molecule has 1 heterocycles. The van der Waals surface area contributed by atoms with E-state index in [1.165, 1.54) is 19.3 Å². The number of nitrogens with two attached hydrogens (primary N) is 1. The van der Waals surface area contributed by atoms with Crippen LogP contribution in [0.25, 0.3) is 0 Å². The molecule has 1 saturated carbocycles. The van der Waals surface area contributed by atoms with Gasteiger partial charge in [-0.05, 0) is 32.1 Å². The van der Waals surface area contributed by atoms with Crippen molar-refractivity contribution in [2.45, 2.75) is 52.1 Å². The quantitative estimate of drug-likeness (QED) is 0.855. The second-order valence-electron chi connectivity index (χ2n) is 5.16. The maximum absolute atomic E-state index is 5.98. The van der Waals surface area contributed by atoms with Crippen molar-refractivity contribution in [3.63, 3.8) is 0 Å². The molecule has 106 valence electrons. The monoisotopic (exact) mass is 264 g/mol. The van der Waals surface area contributed by atoms with Gasteiger partial charge in [0.25, 0.3) is 0 Å². The van der Waals surface area contributed by atoms with E-state index in [1.807, 2.05) is 13.0 Å². The Morgan fingerprint density at radius 1 is 1.37 bits per heavy atom. The van der Waals surface area contributed by atoms with Crippen LogP contribution in [0.5, 0.6) is 5.88 Å². The third kappa shape index (κ3) is 3.98. The van der Waals surface area contributed by atoms with E-state index in [2.05, 4.69) is 22.2 Å². The lowest BCUT2D eigenvalue weighted by Crippen LogP contribution is -2.25. The van der Waals surface area contributed by atoms with E-state index in [1.54, 1.807) is 0 Å². The van der Waals surface area contributed by atoms with E-state index < -0.39 is 0 Å². The van der Waals surface area contributed by atoms with E-state index in [0.717, 1.165) is 31.1 Å². The normalized spacial score (nSPS) is 23.1. The molecular formula is C14H24N4O. The maximum Gasteiger partial charge on any atom is 0.225 e. The third-order valence-electron chi connectivity index (χ3n) is 3.68. The minimum Gasteiger partial charge on any atom is -0.474 e. The summed E-state index contributed by atoms with van der Waals surface area (Å²) in [4.78, 5) is 8.29. The van der Waals surface area contributed by atoms with Gasteiger partial charge in [0.05, 0.1) is 0 Å². The third-order valence-corrected chi connectivity index (χ3v) is 3.68. The van der Waals surface area contributed by atoms with Gasteiger partial charge in [-0.2, -0.15) is 9.97 Å². The molecule has 0 radical (unpaired) electrons. The molecule has 0 spiro atoms. The van der Waals surface area contributed by atoms with Crippen LogP contribution < -0.4 is 15.8 Å². The molecule has 1 aliphatic carbocycles. The molecule has 5 nitrogen and oxygen atoms in total. The average Bonchev–Trinajstić information content (AvgIpc) is 2.38. The predicted molar refractivity (Wildman–Crippen MR) is 77.3 cm³/mol. The van der Waals surface area contributed by atoms with Crippen LogP contribution in [-0.2, 0) is 0 Å². The van der Waals surface area contributed by atoms with Crippen molar-refractivity contribution in [1.82, 2.24) is 9.97 Å². The highest BCUT2D eigenvalue weighted by Gasteiger charge is 2.22. The van der Waals surface area contributed by atoms with Gasteiger partial charge in [0.2, 0.25) is 11.8 Å². The topological polar surface area (TPSA) is 73.1 Å². The van der Waals surface area contributed by atoms with Crippen molar-refractivity contribution >= 4 is 11.8 Å². The van der Waals surface area contributed by atoms with Gasteiger partial charge >= 0.3 is 0 Å². The van der Waals surface area contributed by atoms with Crippen LogP contribution in [0.3, 0.4) is 0 Å². The Balaban J connectivity index is 2.01. The number of hydrogen-bond donors (Lipinski definition) is 2. The fourth-order valence-electron chi connectivity index (χ4n) is 2.67. The first-order chi connectivity index (χ1) is 9.21. The minimum absolute atomic E-state index is 0.260. The van der Waals surface area contributed by atoms with Gasteiger partial charge in [-0.25, -0.2) is 0 Å². The fraction of sp³-hybridized carbons (Fsp3) is 0.714. The highest BCUT2D eigenvalue weighted by molar-refractivity contribution is 5.42. The molecule has 2 unspecified atom stereocenters. The van der Waals surface area contributed by atoms with Gasteiger partial charge < -0.3 is 15.8 Å². The zero-order chi connectivity index (χ0) is 13.7. The zero-order valence-corrected chi connectivity index (χ0v) is 11.9. The molecular weight excluding hydrogens is 240 g/mol. The average molecular weight is 264 g/mol. The van der Waals surface area contributed by atoms with Crippen LogP contribution in [0.15, 0.2) is 6.07 Å². The molecule has 2 atom stereocenters. The van der Waals surface area contributed by atoms with E-state index >= 15 is 0 Å². The summed E-state index contributed by atoms with van der Waals surface area (Å²) < 4.78 is 5.98. The second-order valence-corrected chi connectivity index (χ2v) is 5.16. The number of nitrogens with zero attached hydrogens (tertiary/aromatic N) is 2. The summed E-state index contributed by atoms with van der Waals surface area (Å²) in [6.45, 7) is 5.07. The summed E-state index contributed by atoms with van der Waals surface area (Å²) in [5.41, 5.74) is 5.71. The molecule has 1 fully saturated rings. The van der Waals surface area contributed by atoms with Gasteiger partial charge in [-0.15, -0.1) is 0 Å². The van der Waals surface area contributed by atoms with Crippen molar-refractivity contribution < 1.29 is 4.74 Å². The van der Waals surface area contributed by atoms with Crippen LogP contribution in [-0.4, -0.2) is 22.6 Å². The molecule has 2 rings (SSSR count). The summed E-state index contributed by atoms with van der Waals surface area (Å²) >= 11 is 0. The lowest BCUT2D eigenvalue weighted by atomic mass is 9.85. The highest BCUT2D eigenvalue weighted by Crippen LogP contribution is 2.29. The summed E-state index contributed by atoms with van der Waals surface area (Å²) in [5, 5.41) is 3.13. The minimum atomic E-state index is 0.260. The molecule has 1 aromatic rings. The summed E-state index contributed by atoms with van der Waals surface area (Å²) in [6.07, 6.45) is 6.29. The second kappa shape index (κ2) is 6.59. The van der Waals surface area contributed by atoms with E-state index in [-0.39, 0.29) is 12.1 Å². The molecule has 1 aromatic heterocycles. The Morgan fingerprint density at radius 3 is 2.95 bits per heavy atom. The highest BCUT2D eigenvalue weighted by atomic mass is 16.5. The van der Waals surface area contributed by atoms with Crippen molar-refractivity contribution in [2.75, 3.05) is 17.6 Å². The van der Waals surface area contributed by atoms with E-state index in [4.69, 9.17) is 10.5 Å². The van der Waals surface area contributed by atoms with Crippen molar-refractivity contribution in [3.8, 4) is 5.88 Å². The first-order valence-electron chi connectivity index (χ1n) is 7.26. The molecule has 3 N–H and O–H groups in total. The van der Waals surface area contributed by atoms with E-state index in [0.29, 0.717) is 5.88 Å². The van der Waals surface area contributed by atoms with Crippen LogP contribution >= 0.6 is 0 Å². The van der Waals surface area contributed by atoms with Gasteiger partial charge in [0.1, 0.15) is 11.9 Å². The SMILES string of the molecule is CCNc1cc(OC2CCCC(CC)C2)nc(N)n1. The van der Waals surface area contributed by atoms with Gasteiger partial charge in [0, 0.05) is 12.6 Å². The van der Waals surface area contributed by atoms with E-state index in [9.17, 15) is 0 Å². The maximum atomic E-state index is 5.98. The molecule has 0 aromatic carbocycles. The first-order valence-corrected chi connectivity index (χ1v) is 7.26. The number of anilines is 2. The Labute approximate surface area is 115 Å². The van der Waals surface area contributed by atoms with Gasteiger partial charge in [0.15, 0.2) is 0 Å². The zero-order valence-electron chi connectivity index (χ0n) is 11.9.